The molecular weight excluding hydrogens is 210 g/mol. The molecule has 0 fully saturated rings. The Morgan fingerprint density at radius 2 is 2.24 bits per heavy atom. The Morgan fingerprint density at radius 3 is 2.82 bits per heavy atom. The molecule has 3 heteroatoms. The van der Waals surface area contributed by atoms with Crippen LogP contribution in [0, 0.1) is 12.8 Å². The third kappa shape index (κ3) is 4.35. The van der Waals surface area contributed by atoms with Crippen molar-refractivity contribution in [3.05, 3.63) is 29.9 Å². The van der Waals surface area contributed by atoms with Crippen LogP contribution in [-0.2, 0) is 13.1 Å². The second-order valence-corrected chi connectivity index (χ2v) is 5.01. The molecule has 0 saturated heterocycles. The predicted molar refractivity (Wildman–Crippen MR) is 72.9 cm³/mol. The van der Waals surface area contributed by atoms with Crippen LogP contribution in [0.4, 0.5) is 0 Å². The predicted octanol–water partition coefficient (Wildman–Crippen LogP) is 2.90. The monoisotopic (exact) mass is 235 g/mol. The summed E-state index contributed by atoms with van der Waals surface area (Å²) in [5, 5.41) is 3.46. The van der Waals surface area contributed by atoms with Crippen molar-refractivity contribution in [2.45, 2.75) is 47.2 Å². The zero-order valence-electron chi connectivity index (χ0n) is 11.6. The first-order valence-electron chi connectivity index (χ1n) is 6.43. The van der Waals surface area contributed by atoms with Gasteiger partial charge in [0.25, 0.3) is 0 Å². The molecular formula is C14H25N3. The molecule has 1 heterocycles. The first kappa shape index (κ1) is 14.0. The Morgan fingerprint density at radius 1 is 1.53 bits per heavy atom. The van der Waals surface area contributed by atoms with E-state index in [4.69, 9.17) is 0 Å². The Bertz CT molecular complexity index is 364. The molecule has 1 aromatic heterocycles. The van der Waals surface area contributed by atoms with Crippen LogP contribution in [0.25, 0.3) is 0 Å². The standard InChI is InChI=1S/C14H25N3/c1-6-12(4)10-17-13(5)16-9-14(17)8-15-7-11(2)3/h9,11,15H,4,6-8,10H2,1-3,5H3. The Labute approximate surface area is 105 Å². The van der Waals surface area contributed by atoms with E-state index in [0.717, 1.165) is 31.9 Å². The van der Waals surface area contributed by atoms with Crippen molar-refractivity contribution < 1.29 is 0 Å². The van der Waals surface area contributed by atoms with Crippen LogP contribution >= 0.6 is 0 Å². The number of aryl methyl sites for hydroxylation is 1. The first-order chi connectivity index (χ1) is 8.04. The highest BCUT2D eigenvalue weighted by atomic mass is 15.1. The fourth-order valence-electron chi connectivity index (χ4n) is 1.70. The van der Waals surface area contributed by atoms with Gasteiger partial charge in [-0.3, -0.25) is 0 Å². The molecule has 17 heavy (non-hydrogen) atoms. The van der Waals surface area contributed by atoms with Gasteiger partial charge in [-0.25, -0.2) is 4.98 Å². The van der Waals surface area contributed by atoms with Crippen molar-refractivity contribution in [1.29, 1.82) is 0 Å². The fourth-order valence-corrected chi connectivity index (χ4v) is 1.70. The average molecular weight is 235 g/mol. The van der Waals surface area contributed by atoms with Crippen molar-refractivity contribution >= 4 is 0 Å². The number of nitrogens with one attached hydrogen (secondary N) is 1. The number of rotatable bonds is 7. The van der Waals surface area contributed by atoms with Crippen LogP contribution in [0.5, 0.6) is 0 Å². The van der Waals surface area contributed by atoms with Crippen LogP contribution in [0.15, 0.2) is 18.3 Å². The highest BCUT2D eigenvalue weighted by Crippen LogP contribution is 2.09. The van der Waals surface area contributed by atoms with Crippen LogP contribution in [-0.4, -0.2) is 16.1 Å². The summed E-state index contributed by atoms with van der Waals surface area (Å²) in [6.07, 6.45) is 2.99. The normalized spacial score (nSPS) is 11.1. The van der Waals surface area contributed by atoms with Crippen molar-refractivity contribution in [2.75, 3.05) is 6.54 Å². The summed E-state index contributed by atoms with van der Waals surface area (Å²) >= 11 is 0. The minimum absolute atomic E-state index is 0.679. The number of imidazole rings is 1. The number of hydrogen-bond donors (Lipinski definition) is 1. The van der Waals surface area contributed by atoms with Gasteiger partial charge < -0.3 is 9.88 Å². The Balaban J connectivity index is 2.62. The smallest absolute Gasteiger partial charge is 0.106 e. The highest BCUT2D eigenvalue weighted by Gasteiger charge is 2.07. The second kappa shape index (κ2) is 6.60. The molecule has 0 aliphatic rings. The lowest BCUT2D eigenvalue weighted by molar-refractivity contribution is 0.536. The van der Waals surface area contributed by atoms with E-state index >= 15 is 0 Å². The van der Waals surface area contributed by atoms with Crippen LogP contribution < -0.4 is 5.32 Å². The third-order valence-corrected chi connectivity index (χ3v) is 2.88. The molecule has 0 bridgehead atoms. The van der Waals surface area contributed by atoms with Gasteiger partial charge in [0.1, 0.15) is 5.82 Å². The lowest BCUT2D eigenvalue weighted by atomic mass is 10.2. The van der Waals surface area contributed by atoms with Gasteiger partial charge in [-0.1, -0.05) is 32.9 Å². The van der Waals surface area contributed by atoms with E-state index in [0.29, 0.717) is 5.92 Å². The van der Waals surface area contributed by atoms with Gasteiger partial charge >= 0.3 is 0 Å². The Hall–Kier alpha value is -1.09. The maximum atomic E-state index is 4.38. The average Bonchev–Trinajstić information content (AvgIpc) is 2.61. The second-order valence-electron chi connectivity index (χ2n) is 5.01. The van der Waals surface area contributed by atoms with Crippen LogP contribution in [0.3, 0.4) is 0 Å². The maximum Gasteiger partial charge on any atom is 0.106 e. The van der Waals surface area contributed by atoms with Gasteiger partial charge in [-0.05, 0) is 25.8 Å². The number of hydrogen-bond acceptors (Lipinski definition) is 2. The Kier molecular flexibility index (Phi) is 5.42. The summed E-state index contributed by atoms with van der Waals surface area (Å²) < 4.78 is 2.25. The van der Waals surface area contributed by atoms with E-state index < -0.39 is 0 Å². The first-order valence-corrected chi connectivity index (χ1v) is 6.43. The van der Waals surface area contributed by atoms with Gasteiger partial charge in [0.15, 0.2) is 0 Å². The summed E-state index contributed by atoms with van der Waals surface area (Å²) in [7, 11) is 0. The van der Waals surface area contributed by atoms with E-state index in [2.05, 4.69) is 49.1 Å². The minimum Gasteiger partial charge on any atom is -0.327 e. The molecule has 0 aromatic carbocycles. The number of aromatic nitrogens is 2. The van der Waals surface area contributed by atoms with Crippen LogP contribution in [0.1, 0.15) is 38.7 Å². The molecule has 0 saturated carbocycles. The van der Waals surface area contributed by atoms with Crippen molar-refractivity contribution in [1.82, 2.24) is 14.9 Å². The lowest BCUT2D eigenvalue weighted by Gasteiger charge is -2.12. The van der Waals surface area contributed by atoms with E-state index in [1.807, 2.05) is 6.20 Å². The van der Waals surface area contributed by atoms with E-state index in [1.165, 1.54) is 11.3 Å². The quantitative estimate of drug-likeness (QED) is 0.736. The molecule has 0 spiro atoms. The highest BCUT2D eigenvalue weighted by molar-refractivity contribution is 5.08. The SMILES string of the molecule is C=C(CC)Cn1c(CNCC(C)C)cnc1C. The molecule has 0 unspecified atom stereocenters. The van der Waals surface area contributed by atoms with Gasteiger partial charge in [0.05, 0.1) is 5.69 Å². The molecule has 0 atom stereocenters. The van der Waals surface area contributed by atoms with Crippen molar-refractivity contribution in [3.8, 4) is 0 Å². The summed E-state index contributed by atoms with van der Waals surface area (Å²) in [6.45, 7) is 15.5. The maximum absolute atomic E-state index is 4.38. The van der Waals surface area contributed by atoms with E-state index in [1.54, 1.807) is 0 Å². The fraction of sp³-hybridized carbons (Fsp3) is 0.643. The van der Waals surface area contributed by atoms with Gasteiger partial charge in [0, 0.05) is 19.3 Å². The summed E-state index contributed by atoms with van der Waals surface area (Å²) in [6, 6.07) is 0. The van der Waals surface area contributed by atoms with Gasteiger partial charge in [-0.2, -0.15) is 0 Å². The zero-order chi connectivity index (χ0) is 12.8. The topological polar surface area (TPSA) is 29.9 Å². The zero-order valence-corrected chi connectivity index (χ0v) is 11.6. The lowest BCUT2D eigenvalue weighted by Crippen LogP contribution is -2.21. The molecule has 0 aliphatic heterocycles. The third-order valence-electron chi connectivity index (χ3n) is 2.88. The van der Waals surface area contributed by atoms with Gasteiger partial charge in [0.2, 0.25) is 0 Å². The van der Waals surface area contributed by atoms with Crippen molar-refractivity contribution in [2.24, 2.45) is 5.92 Å². The van der Waals surface area contributed by atoms with E-state index in [-0.39, 0.29) is 0 Å². The molecule has 0 aliphatic carbocycles. The molecule has 1 N–H and O–H groups in total. The van der Waals surface area contributed by atoms with Gasteiger partial charge in [-0.15, -0.1) is 0 Å². The molecule has 1 rings (SSSR count). The molecule has 0 radical (unpaired) electrons. The largest absolute Gasteiger partial charge is 0.327 e. The van der Waals surface area contributed by atoms with Crippen LogP contribution in [0.2, 0.25) is 0 Å². The van der Waals surface area contributed by atoms with E-state index in [9.17, 15) is 0 Å². The minimum atomic E-state index is 0.679. The molecule has 96 valence electrons. The molecule has 3 nitrogen and oxygen atoms in total. The summed E-state index contributed by atoms with van der Waals surface area (Å²) in [4.78, 5) is 4.38. The number of allylic oxidation sites excluding steroid dienone is 1. The molecule has 0 amide bonds. The number of nitrogens with zero attached hydrogens (tertiary/aromatic N) is 2. The molecule has 1 aromatic rings. The summed E-state index contributed by atoms with van der Waals surface area (Å²) in [5.41, 5.74) is 2.49. The summed E-state index contributed by atoms with van der Waals surface area (Å²) in [5.74, 6) is 1.75. The van der Waals surface area contributed by atoms with Crippen molar-refractivity contribution in [3.63, 3.8) is 0 Å².